The second kappa shape index (κ2) is 12.7. The molecular formula is C18H26BrIN6O. The molecule has 27 heavy (non-hydrogen) atoms. The van der Waals surface area contributed by atoms with E-state index in [9.17, 15) is 4.79 Å². The molecule has 0 spiro atoms. The van der Waals surface area contributed by atoms with Gasteiger partial charge in [0.1, 0.15) is 0 Å². The van der Waals surface area contributed by atoms with Gasteiger partial charge >= 0.3 is 0 Å². The van der Waals surface area contributed by atoms with E-state index < -0.39 is 0 Å². The fraction of sp³-hybridized carbons (Fsp3) is 0.389. The minimum Gasteiger partial charge on any atom is -0.356 e. The predicted molar refractivity (Wildman–Crippen MR) is 124 cm³/mol. The van der Waals surface area contributed by atoms with E-state index in [0.717, 1.165) is 35.2 Å². The number of anilines is 1. The molecule has 1 aromatic carbocycles. The summed E-state index contributed by atoms with van der Waals surface area (Å²) in [6, 6.07) is 7.73. The van der Waals surface area contributed by atoms with E-state index >= 15 is 0 Å². The zero-order valence-corrected chi connectivity index (χ0v) is 19.5. The summed E-state index contributed by atoms with van der Waals surface area (Å²) in [5.41, 5.74) is 1.86. The molecule has 0 saturated heterocycles. The first-order chi connectivity index (χ1) is 12.6. The van der Waals surface area contributed by atoms with Gasteiger partial charge in [0.25, 0.3) is 0 Å². The van der Waals surface area contributed by atoms with Crippen LogP contribution in [0.15, 0.2) is 46.1 Å². The number of rotatable bonds is 8. The SMILES string of the molecule is CN=C(NCCCn1cccn1)NCCC(=O)Nc1cc(Br)ccc1C.I. The summed E-state index contributed by atoms with van der Waals surface area (Å²) >= 11 is 3.42. The summed E-state index contributed by atoms with van der Waals surface area (Å²) in [7, 11) is 1.72. The largest absolute Gasteiger partial charge is 0.356 e. The Hall–Kier alpha value is -1.62. The monoisotopic (exact) mass is 548 g/mol. The highest BCUT2D eigenvalue weighted by molar-refractivity contribution is 14.0. The second-order valence-electron chi connectivity index (χ2n) is 5.81. The molecule has 0 fully saturated rings. The zero-order valence-electron chi connectivity index (χ0n) is 15.5. The van der Waals surface area contributed by atoms with Crippen molar-refractivity contribution in [3.05, 3.63) is 46.7 Å². The van der Waals surface area contributed by atoms with Crippen LogP contribution in [0.5, 0.6) is 0 Å². The van der Waals surface area contributed by atoms with Gasteiger partial charge < -0.3 is 16.0 Å². The Morgan fingerprint density at radius 1 is 1.30 bits per heavy atom. The van der Waals surface area contributed by atoms with Crippen LogP contribution < -0.4 is 16.0 Å². The molecule has 0 saturated carbocycles. The molecule has 0 aliphatic rings. The number of amides is 1. The van der Waals surface area contributed by atoms with Gasteiger partial charge in [0, 0.05) is 55.7 Å². The number of nitrogens with zero attached hydrogens (tertiary/aromatic N) is 3. The number of aryl methyl sites for hydroxylation is 2. The summed E-state index contributed by atoms with van der Waals surface area (Å²) in [4.78, 5) is 16.3. The van der Waals surface area contributed by atoms with E-state index in [1.807, 2.05) is 42.1 Å². The molecule has 148 valence electrons. The zero-order chi connectivity index (χ0) is 18.8. The van der Waals surface area contributed by atoms with Crippen molar-refractivity contribution < 1.29 is 4.79 Å². The summed E-state index contributed by atoms with van der Waals surface area (Å²) in [6.07, 6.45) is 5.01. The van der Waals surface area contributed by atoms with Gasteiger partial charge in [-0.3, -0.25) is 14.5 Å². The molecule has 1 amide bonds. The summed E-state index contributed by atoms with van der Waals surface area (Å²) in [5, 5.41) is 13.5. The van der Waals surface area contributed by atoms with Crippen molar-refractivity contribution >= 4 is 57.5 Å². The Kier molecular flexibility index (Phi) is 11.0. The van der Waals surface area contributed by atoms with Crippen molar-refractivity contribution in [2.24, 2.45) is 4.99 Å². The van der Waals surface area contributed by atoms with Crippen molar-refractivity contribution in [2.75, 3.05) is 25.5 Å². The van der Waals surface area contributed by atoms with E-state index in [1.165, 1.54) is 0 Å². The number of carbonyl (C=O) groups excluding carboxylic acids is 1. The third-order valence-corrected chi connectivity index (χ3v) is 4.25. The Morgan fingerprint density at radius 3 is 2.78 bits per heavy atom. The van der Waals surface area contributed by atoms with Gasteiger partial charge in [-0.25, -0.2) is 0 Å². The van der Waals surface area contributed by atoms with Crippen LogP contribution in [0.2, 0.25) is 0 Å². The maximum absolute atomic E-state index is 12.1. The number of aliphatic imine (C=N–C) groups is 1. The Balaban J connectivity index is 0.00000364. The quantitative estimate of drug-likeness (QED) is 0.205. The number of aromatic nitrogens is 2. The Morgan fingerprint density at radius 2 is 2.07 bits per heavy atom. The molecule has 0 unspecified atom stereocenters. The average molecular weight is 549 g/mol. The molecule has 2 aromatic rings. The molecule has 0 atom stereocenters. The number of halogens is 2. The third kappa shape index (κ3) is 8.74. The lowest BCUT2D eigenvalue weighted by Crippen LogP contribution is -2.39. The summed E-state index contributed by atoms with van der Waals surface area (Å²) < 4.78 is 2.84. The van der Waals surface area contributed by atoms with Crippen molar-refractivity contribution in [1.29, 1.82) is 0 Å². The highest BCUT2D eigenvalue weighted by Crippen LogP contribution is 2.20. The van der Waals surface area contributed by atoms with Gasteiger partial charge in [-0.2, -0.15) is 5.10 Å². The molecule has 7 nitrogen and oxygen atoms in total. The molecule has 9 heteroatoms. The molecule has 0 bridgehead atoms. The lowest BCUT2D eigenvalue weighted by Gasteiger charge is -2.12. The van der Waals surface area contributed by atoms with Crippen LogP contribution in [0.4, 0.5) is 5.69 Å². The molecule has 2 rings (SSSR count). The van der Waals surface area contributed by atoms with Crippen molar-refractivity contribution in [2.45, 2.75) is 26.3 Å². The van der Waals surface area contributed by atoms with Crippen LogP contribution in [0.25, 0.3) is 0 Å². The number of nitrogens with one attached hydrogen (secondary N) is 3. The maximum Gasteiger partial charge on any atom is 0.226 e. The van der Waals surface area contributed by atoms with Gasteiger partial charge in [-0.1, -0.05) is 22.0 Å². The average Bonchev–Trinajstić information content (AvgIpc) is 3.13. The lowest BCUT2D eigenvalue weighted by atomic mass is 10.2. The minimum absolute atomic E-state index is 0. The normalized spacial score (nSPS) is 10.9. The molecule has 3 N–H and O–H groups in total. The van der Waals surface area contributed by atoms with Gasteiger partial charge in [-0.05, 0) is 37.1 Å². The Bertz CT molecular complexity index is 735. The molecule has 0 radical (unpaired) electrons. The van der Waals surface area contributed by atoms with Gasteiger partial charge in [0.15, 0.2) is 5.96 Å². The van der Waals surface area contributed by atoms with E-state index in [-0.39, 0.29) is 29.9 Å². The highest BCUT2D eigenvalue weighted by Gasteiger charge is 2.06. The Labute approximate surface area is 185 Å². The van der Waals surface area contributed by atoms with Crippen LogP contribution in [-0.4, -0.2) is 41.8 Å². The van der Waals surface area contributed by atoms with Gasteiger partial charge in [0.2, 0.25) is 5.91 Å². The molecule has 0 aliphatic heterocycles. The first kappa shape index (κ1) is 23.4. The first-order valence-corrected chi connectivity index (χ1v) is 9.35. The van der Waals surface area contributed by atoms with Crippen LogP contribution in [0, 0.1) is 6.92 Å². The fourth-order valence-electron chi connectivity index (χ4n) is 2.34. The number of guanidine groups is 1. The summed E-state index contributed by atoms with van der Waals surface area (Å²) in [5.74, 6) is 0.657. The number of benzene rings is 1. The van der Waals surface area contributed by atoms with Crippen molar-refractivity contribution in [1.82, 2.24) is 20.4 Å². The fourth-order valence-corrected chi connectivity index (χ4v) is 2.70. The van der Waals surface area contributed by atoms with E-state index in [1.54, 1.807) is 13.2 Å². The molecule has 1 heterocycles. The van der Waals surface area contributed by atoms with Crippen LogP contribution in [-0.2, 0) is 11.3 Å². The van der Waals surface area contributed by atoms with Gasteiger partial charge in [0.05, 0.1) is 0 Å². The van der Waals surface area contributed by atoms with Crippen LogP contribution in [0.1, 0.15) is 18.4 Å². The second-order valence-corrected chi connectivity index (χ2v) is 6.72. The van der Waals surface area contributed by atoms with Crippen molar-refractivity contribution in [3.63, 3.8) is 0 Å². The summed E-state index contributed by atoms with van der Waals surface area (Å²) in [6.45, 7) is 4.11. The van der Waals surface area contributed by atoms with Crippen LogP contribution >= 0.6 is 39.9 Å². The molecule has 0 aliphatic carbocycles. The lowest BCUT2D eigenvalue weighted by molar-refractivity contribution is -0.116. The third-order valence-electron chi connectivity index (χ3n) is 3.76. The minimum atomic E-state index is -0.0344. The highest BCUT2D eigenvalue weighted by atomic mass is 127. The smallest absolute Gasteiger partial charge is 0.226 e. The number of hydrogen-bond acceptors (Lipinski definition) is 3. The molecular weight excluding hydrogens is 523 g/mol. The van der Waals surface area contributed by atoms with Crippen LogP contribution in [0.3, 0.4) is 0 Å². The predicted octanol–water partition coefficient (Wildman–Crippen LogP) is 3.16. The van der Waals surface area contributed by atoms with Crippen molar-refractivity contribution in [3.8, 4) is 0 Å². The van der Waals surface area contributed by atoms with E-state index in [0.29, 0.717) is 18.9 Å². The van der Waals surface area contributed by atoms with E-state index in [4.69, 9.17) is 0 Å². The number of carbonyl (C=O) groups is 1. The standard InChI is InChI=1S/C18H25BrN6O.HI/c1-14-5-6-15(19)13-16(14)24-17(26)7-10-22-18(20-2)21-8-3-11-25-12-4-9-23-25;/h4-6,9,12-13H,3,7-8,10-11H2,1-2H3,(H,24,26)(H2,20,21,22);1H. The topological polar surface area (TPSA) is 83.3 Å². The van der Waals surface area contributed by atoms with E-state index in [2.05, 4.69) is 42.0 Å². The van der Waals surface area contributed by atoms with Gasteiger partial charge in [-0.15, -0.1) is 24.0 Å². The maximum atomic E-state index is 12.1. The molecule has 1 aromatic heterocycles. The first-order valence-electron chi connectivity index (χ1n) is 8.56. The number of hydrogen-bond donors (Lipinski definition) is 3.